The highest BCUT2D eigenvalue weighted by Crippen LogP contribution is 2.31. The predicted molar refractivity (Wildman–Crippen MR) is 80.0 cm³/mol. The number of ether oxygens (including phenoxy) is 1. The average molecular weight is 313 g/mol. The number of nitrogen functional groups attached to an aromatic ring is 1. The Morgan fingerprint density at radius 3 is 2.78 bits per heavy atom. The molecule has 2 rings (SSSR count). The number of halogens is 1. The molecular formula is C14H21BrN2O. The molecule has 1 aliphatic rings. The molecule has 1 aliphatic heterocycles. The molecule has 1 saturated heterocycles. The van der Waals surface area contributed by atoms with Crippen LogP contribution in [0.2, 0.25) is 0 Å². The Hall–Kier alpha value is -0.740. The summed E-state index contributed by atoms with van der Waals surface area (Å²) in [6.07, 6.45) is 2.54. The molecule has 0 amide bonds. The largest absolute Gasteiger partial charge is 0.397 e. The van der Waals surface area contributed by atoms with Crippen LogP contribution >= 0.6 is 15.9 Å². The Balaban J connectivity index is 2.02. The van der Waals surface area contributed by atoms with Crippen LogP contribution in [0.3, 0.4) is 0 Å². The molecule has 1 unspecified atom stereocenters. The van der Waals surface area contributed by atoms with Gasteiger partial charge in [-0.15, -0.1) is 0 Å². The summed E-state index contributed by atoms with van der Waals surface area (Å²) >= 11 is 3.43. The molecular weight excluding hydrogens is 292 g/mol. The first-order chi connectivity index (χ1) is 8.37. The summed E-state index contributed by atoms with van der Waals surface area (Å²) in [6, 6.07) is 5.99. The van der Waals surface area contributed by atoms with Crippen molar-refractivity contribution >= 4 is 27.3 Å². The van der Waals surface area contributed by atoms with Crippen molar-refractivity contribution in [3.05, 3.63) is 22.7 Å². The molecule has 0 radical (unpaired) electrons. The number of likely N-dealkylation sites (N-methyl/N-ethyl adjacent to an activating group) is 1. The van der Waals surface area contributed by atoms with Crippen LogP contribution in [0.15, 0.2) is 22.7 Å². The van der Waals surface area contributed by atoms with E-state index in [1.165, 1.54) is 0 Å². The lowest BCUT2D eigenvalue weighted by Gasteiger charge is -2.26. The van der Waals surface area contributed by atoms with Gasteiger partial charge in [0.2, 0.25) is 0 Å². The summed E-state index contributed by atoms with van der Waals surface area (Å²) in [4.78, 5) is 2.17. The summed E-state index contributed by atoms with van der Waals surface area (Å²) < 4.78 is 7.02. The van der Waals surface area contributed by atoms with Crippen LogP contribution in [0.4, 0.5) is 11.4 Å². The average Bonchev–Trinajstić information content (AvgIpc) is 2.57. The first kappa shape index (κ1) is 13.7. The van der Waals surface area contributed by atoms with Gasteiger partial charge in [-0.3, -0.25) is 0 Å². The molecule has 2 N–H and O–H groups in total. The van der Waals surface area contributed by atoms with Gasteiger partial charge >= 0.3 is 0 Å². The van der Waals surface area contributed by atoms with E-state index in [1.807, 2.05) is 18.2 Å². The molecule has 100 valence electrons. The van der Waals surface area contributed by atoms with Crippen LogP contribution in [-0.4, -0.2) is 25.3 Å². The summed E-state index contributed by atoms with van der Waals surface area (Å²) in [6.45, 7) is 5.19. The monoisotopic (exact) mass is 312 g/mol. The maximum Gasteiger partial charge on any atom is 0.0758 e. The van der Waals surface area contributed by atoms with Gasteiger partial charge in [0.1, 0.15) is 0 Å². The van der Waals surface area contributed by atoms with E-state index in [0.29, 0.717) is 6.10 Å². The van der Waals surface area contributed by atoms with Crippen molar-refractivity contribution in [2.75, 3.05) is 24.2 Å². The minimum Gasteiger partial charge on any atom is -0.397 e. The molecule has 1 heterocycles. The molecule has 4 heteroatoms. The molecule has 0 bridgehead atoms. The van der Waals surface area contributed by atoms with Gasteiger partial charge in [0, 0.05) is 18.1 Å². The minimum absolute atomic E-state index is 0.0246. The second kappa shape index (κ2) is 5.10. The van der Waals surface area contributed by atoms with E-state index < -0.39 is 0 Å². The maximum absolute atomic E-state index is 6.04. The first-order valence-electron chi connectivity index (χ1n) is 6.31. The summed E-state index contributed by atoms with van der Waals surface area (Å²) in [7, 11) is 2.06. The molecule has 1 fully saturated rings. The van der Waals surface area contributed by atoms with Gasteiger partial charge in [-0.1, -0.05) is 15.9 Å². The zero-order valence-electron chi connectivity index (χ0n) is 11.2. The van der Waals surface area contributed by atoms with E-state index in [1.54, 1.807) is 0 Å². The number of hydrogen-bond acceptors (Lipinski definition) is 3. The molecule has 18 heavy (non-hydrogen) atoms. The van der Waals surface area contributed by atoms with E-state index in [4.69, 9.17) is 10.5 Å². The van der Waals surface area contributed by atoms with Crippen LogP contribution in [-0.2, 0) is 4.74 Å². The van der Waals surface area contributed by atoms with Gasteiger partial charge in [-0.25, -0.2) is 0 Å². The smallest absolute Gasteiger partial charge is 0.0758 e. The Kier molecular flexibility index (Phi) is 3.87. The predicted octanol–water partition coefficient (Wildman–Crippen LogP) is 3.43. The normalized spacial score (nSPS) is 22.1. The zero-order chi connectivity index (χ0) is 13.3. The molecule has 1 aromatic carbocycles. The maximum atomic E-state index is 6.04. The fraction of sp³-hybridized carbons (Fsp3) is 0.571. The third kappa shape index (κ3) is 3.18. The van der Waals surface area contributed by atoms with Crippen molar-refractivity contribution in [2.24, 2.45) is 0 Å². The molecule has 0 saturated carbocycles. The van der Waals surface area contributed by atoms with Gasteiger partial charge < -0.3 is 15.4 Å². The number of benzene rings is 1. The highest BCUT2D eigenvalue weighted by Gasteiger charge is 2.32. The van der Waals surface area contributed by atoms with Crippen molar-refractivity contribution < 1.29 is 4.74 Å². The number of nitrogens with two attached hydrogens (primary N) is 1. The Labute approximate surface area is 117 Å². The standard InChI is InChI=1S/C14H21BrN2O/c1-14(2)7-6-11(18-14)9-17(3)13-5-4-10(15)8-12(13)16/h4-5,8,11H,6-7,9,16H2,1-3H3. The summed E-state index contributed by atoms with van der Waals surface area (Å²) in [5.41, 5.74) is 7.92. The Morgan fingerprint density at radius 1 is 1.50 bits per heavy atom. The third-order valence-electron chi connectivity index (χ3n) is 3.43. The lowest BCUT2D eigenvalue weighted by Crippen LogP contribution is -2.31. The minimum atomic E-state index is 0.0246. The third-order valence-corrected chi connectivity index (χ3v) is 3.93. The number of nitrogens with zero attached hydrogens (tertiary/aromatic N) is 1. The molecule has 3 nitrogen and oxygen atoms in total. The fourth-order valence-electron chi connectivity index (χ4n) is 2.48. The quantitative estimate of drug-likeness (QED) is 0.869. The van der Waals surface area contributed by atoms with Crippen molar-refractivity contribution in [1.29, 1.82) is 0 Å². The second-order valence-electron chi connectivity index (χ2n) is 5.62. The molecule has 1 aromatic rings. The SMILES string of the molecule is CN(CC1CCC(C)(C)O1)c1ccc(Br)cc1N. The number of anilines is 2. The molecule has 1 atom stereocenters. The topological polar surface area (TPSA) is 38.5 Å². The first-order valence-corrected chi connectivity index (χ1v) is 7.11. The van der Waals surface area contributed by atoms with E-state index in [9.17, 15) is 0 Å². The molecule has 0 spiro atoms. The molecule has 0 aromatic heterocycles. The zero-order valence-corrected chi connectivity index (χ0v) is 12.8. The van der Waals surface area contributed by atoms with E-state index in [2.05, 4.69) is 41.7 Å². The summed E-state index contributed by atoms with van der Waals surface area (Å²) in [5.74, 6) is 0. The van der Waals surface area contributed by atoms with Crippen molar-refractivity contribution in [1.82, 2.24) is 0 Å². The van der Waals surface area contributed by atoms with Crippen LogP contribution < -0.4 is 10.6 Å². The highest BCUT2D eigenvalue weighted by atomic mass is 79.9. The van der Waals surface area contributed by atoms with E-state index >= 15 is 0 Å². The van der Waals surface area contributed by atoms with Gasteiger partial charge in [0.15, 0.2) is 0 Å². The second-order valence-corrected chi connectivity index (χ2v) is 6.54. The van der Waals surface area contributed by atoms with Gasteiger partial charge in [0.25, 0.3) is 0 Å². The van der Waals surface area contributed by atoms with Crippen LogP contribution in [0, 0.1) is 0 Å². The number of rotatable bonds is 3. The van der Waals surface area contributed by atoms with Crippen LogP contribution in [0.25, 0.3) is 0 Å². The van der Waals surface area contributed by atoms with Crippen molar-refractivity contribution in [3.8, 4) is 0 Å². The Morgan fingerprint density at radius 2 is 2.22 bits per heavy atom. The summed E-state index contributed by atoms with van der Waals surface area (Å²) in [5, 5.41) is 0. The Bertz CT molecular complexity index is 434. The fourth-order valence-corrected chi connectivity index (χ4v) is 2.86. The lowest BCUT2D eigenvalue weighted by atomic mass is 10.1. The van der Waals surface area contributed by atoms with Crippen molar-refractivity contribution in [3.63, 3.8) is 0 Å². The van der Waals surface area contributed by atoms with Crippen LogP contribution in [0.5, 0.6) is 0 Å². The lowest BCUT2D eigenvalue weighted by molar-refractivity contribution is -0.0111. The van der Waals surface area contributed by atoms with Gasteiger partial charge in [0.05, 0.1) is 23.1 Å². The van der Waals surface area contributed by atoms with Gasteiger partial charge in [-0.05, 0) is 44.9 Å². The van der Waals surface area contributed by atoms with Crippen molar-refractivity contribution in [2.45, 2.75) is 38.4 Å². The molecule has 0 aliphatic carbocycles. The van der Waals surface area contributed by atoms with E-state index in [0.717, 1.165) is 35.2 Å². The van der Waals surface area contributed by atoms with Crippen LogP contribution in [0.1, 0.15) is 26.7 Å². The highest BCUT2D eigenvalue weighted by molar-refractivity contribution is 9.10. The van der Waals surface area contributed by atoms with E-state index in [-0.39, 0.29) is 5.60 Å². The van der Waals surface area contributed by atoms with Gasteiger partial charge in [-0.2, -0.15) is 0 Å². The number of hydrogen-bond donors (Lipinski definition) is 1.